The summed E-state index contributed by atoms with van der Waals surface area (Å²) in [7, 11) is 1.55. The SMILES string of the molecule is COc1cccc2c(=O)c(C)coc12. The number of methoxy groups -OCH3 is 1. The summed E-state index contributed by atoms with van der Waals surface area (Å²) in [5.41, 5.74) is 1.10. The van der Waals surface area contributed by atoms with Crippen LogP contribution in [0.4, 0.5) is 0 Å². The van der Waals surface area contributed by atoms with Crippen LogP contribution in [0.3, 0.4) is 0 Å². The molecule has 2 aromatic rings. The number of ether oxygens (including phenoxy) is 1. The molecule has 0 radical (unpaired) electrons. The van der Waals surface area contributed by atoms with Gasteiger partial charge in [0, 0.05) is 5.56 Å². The smallest absolute Gasteiger partial charge is 0.195 e. The van der Waals surface area contributed by atoms with Crippen LogP contribution in [-0.2, 0) is 0 Å². The Labute approximate surface area is 80.9 Å². The zero-order chi connectivity index (χ0) is 10.1. The molecular formula is C11H10O3. The maximum absolute atomic E-state index is 11.7. The molecule has 0 amide bonds. The van der Waals surface area contributed by atoms with E-state index < -0.39 is 0 Å². The second-order valence-corrected chi connectivity index (χ2v) is 3.08. The predicted octanol–water partition coefficient (Wildman–Crippen LogP) is 2.11. The van der Waals surface area contributed by atoms with E-state index in [-0.39, 0.29) is 5.43 Å². The predicted molar refractivity (Wildman–Crippen MR) is 53.8 cm³/mol. The summed E-state index contributed by atoms with van der Waals surface area (Å²) in [6.07, 6.45) is 1.45. The van der Waals surface area contributed by atoms with Crippen molar-refractivity contribution in [1.29, 1.82) is 0 Å². The van der Waals surface area contributed by atoms with Gasteiger partial charge in [-0.2, -0.15) is 0 Å². The van der Waals surface area contributed by atoms with E-state index in [9.17, 15) is 4.79 Å². The first-order valence-corrected chi connectivity index (χ1v) is 4.29. The molecule has 3 nitrogen and oxygen atoms in total. The van der Waals surface area contributed by atoms with Crippen molar-refractivity contribution >= 4 is 11.0 Å². The molecule has 14 heavy (non-hydrogen) atoms. The molecule has 0 atom stereocenters. The van der Waals surface area contributed by atoms with Gasteiger partial charge in [-0.15, -0.1) is 0 Å². The number of benzene rings is 1. The third kappa shape index (κ3) is 1.18. The summed E-state index contributed by atoms with van der Waals surface area (Å²) >= 11 is 0. The Morgan fingerprint density at radius 1 is 1.36 bits per heavy atom. The molecule has 0 bridgehead atoms. The van der Waals surface area contributed by atoms with E-state index in [1.54, 1.807) is 32.2 Å². The van der Waals surface area contributed by atoms with Gasteiger partial charge in [-0.25, -0.2) is 0 Å². The molecular weight excluding hydrogens is 180 g/mol. The Hall–Kier alpha value is -1.77. The molecule has 0 aliphatic carbocycles. The van der Waals surface area contributed by atoms with Gasteiger partial charge in [-0.05, 0) is 19.1 Å². The Balaban J connectivity index is 2.93. The van der Waals surface area contributed by atoms with Crippen molar-refractivity contribution in [2.45, 2.75) is 6.92 Å². The Morgan fingerprint density at radius 3 is 2.86 bits per heavy atom. The van der Waals surface area contributed by atoms with E-state index in [1.807, 2.05) is 0 Å². The minimum absolute atomic E-state index is 0.00912. The van der Waals surface area contributed by atoms with Crippen LogP contribution in [0.2, 0.25) is 0 Å². The van der Waals surface area contributed by atoms with Gasteiger partial charge in [-0.3, -0.25) is 4.79 Å². The average Bonchev–Trinajstić information content (AvgIpc) is 2.23. The van der Waals surface area contributed by atoms with Gasteiger partial charge in [0.25, 0.3) is 0 Å². The number of rotatable bonds is 1. The standard InChI is InChI=1S/C11H10O3/c1-7-6-14-11-8(10(7)12)4-3-5-9(11)13-2/h3-6H,1-2H3. The van der Waals surface area contributed by atoms with Crippen LogP contribution in [0.15, 0.2) is 33.7 Å². The monoisotopic (exact) mass is 190 g/mol. The summed E-state index contributed by atoms with van der Waals surface area (Å²) < 4.78 is 10.4. The van der Waals surface area contributed by atoms with E-state index >= 15 is 0 Å². The van der Waals surface area contributed by atoms with Crippen molar-refractivity contribution in [1.82, 2.24) is 0 Å². The van der Waals surface area contributed by atoms with Crippen molar-refractivity contribution in [3.05, 3.63) is 40.2 Å². The molecule has 0 aliphatic rings. The van der Waals surface area contributed by atoms with Gasteiger partial charge in [0.15, 0.2) is 16.8 Å². The molecule has 0 saturated heterocycles. The van der Waals surface area contributed by atoms with E-state index in [4.69, 9.17) is 9.15 Å². The van der Waals surface area contributed by atoms with Crippen LogP contribution in [0.25, 0.3) is 11.0 Å². The topological polar surface area (TPSA) is 39.4 Å². The lowest BCUT2D eigenvalue weighted by atomic mass is 10.2. The van der Waals surface area contributed by atoms with Crippen molar-refractivity contribution in [2.75, 3.05) is 7.11 Å². The molecule has 1 heterocycles. The number of hydrogen-bond donors (Lipinski definition) is 0. The van der Waals surface area contributed by atoms with Gasteiger partial charge >= 0.3 is 0 Å². The molecule has 0 fully saturated rings. The molecule has 0 aliphatic heterocycles. The van der Waals surface area contributed by atoms with Gasteiger partial charge < -0.3 is 9.15 Å². The Kier molecular flexibility index (Phi) is 2.00. The van der Waals surface area contributed by atoms with Gasteiger partial charge in [-0.1, -0.05) is 6.07 Å². The summed E-state index contributed by atoms with van der Waals surface area (Å²) in [4.78, 5) is 11.7. The summed E-state index contributed by atoms with van der Waals surface area (Å²) in [5, 5.41) is 0.560. The van der Waals surface area contributed by atoms with Crippen molar-refractivity contribution in [3.8, 4) is 5.75 Å². The molecule has 1 aromatic heterocycles. The Bertz CT molecular complexity index is 526. The van der Waals surface area contributed by atoms with Crippen molar-refractivity contribution < 1.29 is 9.15 Å². The first-order chi connectivity index (χ1) is 6.74. The molecule has 0 saturated carbocycles. The summed E-state index contributed by atoms with van der Waals surface area (Å²) in [5.74, 6) is 0.583. The molecule has 1 aromatic carbocycles. The summed E-state index contributed by atoms with van der Waals surface area (Å²) in [6.45, 7) is 1.73. The van der Waals surface area contributed by atoms with Crippen LogP contribution in [-0.4, -0.2) is 7.11 Å². The zero-order valence-corrected chi connectivity index (χ0v) is 8.03. The minimum Gasteiger partial charge on any atom is -0.493 e. The molecule has 2 rings (SSSR count). The minimum atomic E-state index is -0.00912. The van der Waals surface area contributed by atoms with Crippen LogP contribution in [0.5, 0.6) is 5.75 Å². The van der Waals surface area contributed by atoms with Gasteiger partial charge in [0.05, 0.1) is 18.8 Å². The first kappa shape index (κ1) is 8.81. The third-order valence-corrected chi connectivity index (χ3v) is 2.16. The second kappa shape index (κ2) is 3.18. The average molecular weight is 190 g/mol. The highest BCUT2D eigenvalue weighted by Gasteiger charge is 2.07. The highest BCUT2D eigenvalue weighted by Crippen LogP contribution is 2.22. The van der Waals surface area contributed by atoms with E-state index in [0.29, 0.717) is 22.3 Å². The largest absolute Gasteiger partial charge is 0.493 e. The molecule has 0 spiro atoms. The second-order valence-electron chi connectivity index (χ2n) is 3.08. The zero-order valence-electron chi connectivity index (χ0n) is 8.03. The van der Waals surface area contributed by atoms with E-state index in [2.05, 4.69) is 0 Å². The number of hydrogen-bond acceptors (Lipinski definition) is 3. The van der Waals surface area contributed by atoms with Crippen molar-refractivity contribution in [2.24, 2.45) is 0 Å². The maximum Gasteiger partial charge on any atom is 0.195 e. The first-order valence-electron chi connectivity index (χ1n) is 4.29. The normalized spacial score (nSPS) is 10.4. The number of fused-ring (bicyclic) bond motifs is 1. The van der Waals surface area contributed by atoms with E-state index in [1.165, 1.54) is 6.26 Å². The van der Waals surface area contributed by atoms with Crippen LogP contribution in [0.1, 0.15) is 5.56 Å². The quantitative estimate of drug-likeness (QED) is 0.691. The van der Waals surface area contributed by atoms with Crippen LogP contribution >= 0.6 is 0 Å². The molecule has 72 valence electrons. The summed E-state index contributed by atoms with van der Waals surface area (Å²) in [6, 6.07) is 5.27. The number of aryl methyl sites for hydroxylation is 1. The lowest BCUT2D eigenvalue weighted by Gasteiger charge is -2.03. The maximum atomic E-state index is 11.7. The molecule has 0 N–H and O–H groups in total. The van der Waals surface area contributed by atoms with Gasteiger partial charge in [0.2, 0.25) is 0 Å². The van der Waals surface area contributed by atoms with E-state index in [0.717, 1.165) is 0 Å². The highest BCUT2D eigenvalue weighted by atomic mass is 16.5. The third-order valence-electron chi connectivity index (χ3n) is 2.16. The number of para-hydroxylation sites is 1. The lowest BCUT2D eigenvalue weighted by Crippen LogP contribution is -2.04. The molecule has 0 unspecified atom stereocenters. The highest BCUT2D eigenvalue weighted by molar-refractivity contribution is 5.82. The van der Waals surface area contributed by atoms with Crippen molar-refractivity contribution in [3.63, 3.8) is 0 Å². The fraction of sp³-hybridized carbons (Fsp3) is 0.182. The lowest BCUT2D eigenvalue weighted by molar-refractivity contribution is 0.409. The fourth-order valence-corrected chi connectivity index (χ4v) is 1.39. The van der Waals surface area contributed by atoms with Crippen LogP contribution in [0, 0.1) is 6.92 Å². The fourth-order valence-electron chi connectivity index (χ4n) is 1.39. The van der Waals surface area contributed by atoms with Crippen LogP contribution < -0.4 is 10.2 Å². The Morgan fingerprint density at radius 2 is 2.14 bits per heavy atom. The molecule has 3 heteroatoms. The van der Waals surface area contributed by atoms with Gasteiger partial charge in [0.1, 0.15) is 0 Å².